The van der Waals surface area contributed by atoms with Gasteiger partial charge in [-0.05, 0) is 51.2 Å². The maximum absolute atomic E-state index is 13.3. The standard InChI is InChI=1S/C31H39NO5/c1-6-14-25(20-23-16-10-8-11-17-23)29(34)32-27(24-18-12-9-13-19-24)22-36-30(35)26(15-7-2)21-28(33)37-31(3,4)5/h6-13,16-19,25-27H,1-2,14-15,20-22H2,3-5H3,(H,32,34)/t25-,26+,27+/m1/s1. The van der Waals surface area contributed by atoms with E-state index in [1.807, 2.05) is 60.7 Å². The zero-order valence-electron chi connectivity index (χ0n) is 22.2. The van der Waals surface area contributed by atoms with Crippen LogP contribution in [0.4, 0.5) is 0 Å². The fourth-order valence-electron chi connectivity index (χ4n) is 3.91. The largest absolute Gasteiger partial charge is 0.463 e. The van der Waals surface area contributed by atoms with E-state index in [4.69, 9.17) is 9.47 Å². The van der Waals surface area contributed by atoms with E-state index >= 15 is 0 Å². The van der Waals surface area contributed by atoms with Crippen molar-refractivity contribution in [3.63, 3.8) is 0 Å². The molecule has 0 fully saturated rings. The highest BCUT2D eigenvalue weighted by Crippen LogP contribution is 2.21. The molecule has 2 rings (SSSR count). The van der Waals surface area contributed by atoms with E-state index in [1.165, 1.54) is 0 Å². The highest BCUT2D eigenvalue weighted by Gasteiger charge is 2.28. The molecule has 6 heteroatoms. The van der Waals surface area contributed by atoms with Crippen molar-refractivity contribution in [1.82, 2.24) is 5.32 Å². The molecule has 1 amide bonds. The monoisotopic (exact) mass is 505 g/mol. The van der Waals surface area contributed by atoms with Crippen LogP contribution in [0.1, 0.15) is 57.2 Å². The second-order valence-corrected chi connectivity index (χ2v) is 10.0. The van der Waals surface area contributed by atoms with Crippen LogP contribution in [0.15, 0.2) is 86.0 Å². The lowest BCUT2D eigenvalue weighted by Crippen LogP contribution is -2.37. The maximum Gasteiger partial charge on any atom is 0.309 e. The summed E-state index contributed by atoms with van der Waals surface area (Å²) >= 11 is 0. The van der Waals surface area contributed by atoms with Crippen LogP contribution in [0, 0.1) is 11.8 Å². The lowest BCUT2D eigenvalue weighted by molar-refractivity contribution is -0.161. The number of amides is 1. The Balaban J connectivity index is 2.12. The topological polar surface area (TPSA) is 81.7 Å². The minimum absolute atomic E-state index is 0.0668. The zero-order chi connectivity index (χ0) is 27.3. The predicted molar refractivity (Wildman–Crippen MR) is 146 cm³/mol. The summed E-state index contributed by atoms with van der Waals surface area (Å²) in [6.45, 7) is 12.8. The fraction of sp³-hybridized carbons (Fsp3) is 0.387. The average molecular weight is 506 g/mol. The lowest BCUT2D eigenvalue weighted by atomic mass is 9.94. The Bertz CT molecular complexity index is 1030. The first-order chi connectivity index (χ1) is 17.6. The van der Waals surface area contributed by atoms with Gasteiger partial charge in [0, 0.05) is 5.92 Å². The van der Waals surface area contributed by atoms with Crippen molar-refractivity contribution in [1.29, 1.82) is 0 Å². The molecular formula is C31H39NO5. The third-order valence-corrected chi connectivity index (χ3v) is 5.68. The summed E-state index contributed by atoms with van der Waals surface area (Å²) in [5, 5.41) is 3.06. The normalized spacial score (nSPS) is 13.5. The highest BCUT2D eigenvalue weighted by atomic mass is 16.6. The summed E-state index contributed by atoms with van der Waals surface area (Å²) in [6, 6.07) is 18.6. The minimum Gasteiger partial charge on any atom is -0.463 e. The fourth-order valence-corrected chi connectivity index (χ4v) is 3.91. The highest BCUT2D eigenvalue weighted by molar-refractivity contribution is 5.81. The lowest BCUT2D eigenvalue weighted by Gasteiger charge is -2.24. The summed E-state index contributed by atoms with van der Waals surface area (Å²) in [7, 11) is 0. The Kier molecular flexibility index (Phi) is 11.8. The van der Waals surface area contributed by atoms with Gasteiger partial charge in [-0.25, -0.2) is 0 Å². The Hall–Kier alpha value is -3.67. The first kappa shape index (κ1) is 29.6. The van der Waals surface area contributed by atoms with E-state index in [1.54, 1.807) is 32.9 Å². The molecular weight excluding hydrogens is 466 g/mol. The van der Waals surface area contributed by atoms with Gasteiger partial charge in [0.1, 0.15) is 12.2 Å². The zero-order valence-corrected chi connectivity index (χ0v) is 22.2. The van der Waals surface area contributed by atoms with E-state index in [0.29, 0.717) is 12.8 Å². The Labute approximate surface area is 220 Å². The van der Waals surface area contributed by atoms with Gasteiger partial charge in [-0.15, -0.1) is 13.2 Å². The molecule has 37 heavy (non-hydrogen) atoms. The molecule has 0 saturated carbocycles. The smallest absolute Gasteiger partial charge is 0.309 e. The molecule has 0 bridgehead atoms. The number of hydrogen-bond acceptors (Lipinski definition) is 5. The summed E-state index contributed by atoms with van der Waals surface area (Å²) in [4.78, 5) is 38.5. The van der Waals surface area contributed by atoms with Gasteiger partial charge in [0.15, 0.2) is 0 Å². The SMILES string of the molecule is C=CC[C@H](Cc1ccccc1)C(=O)N[C@@H](COC(=O)[C@@H](CC=C)CC(=O)OC(C)(C)C)c1ccccc1. The number of benzene rings is 2. The van der Waals surface area contributed by atoms with Crippen LogP contribution in [-0.2, 0) is 30.3 Å². The second-order valence-electron chi connectivity index (χ2n) is 10.0. The Morgan fingerprint density at radius 3 is 2.03 bits per heavy atom. The van der Waals surface area contributed by atoms with Gasteiger partial charge in [0.25, 0.3) is 0 Å². The molecule has 3 atom stereocenters. The molecule has 0 aliphatic rings. The summed E-state index contributed by atoms with van der Waals surface area (Å²) in [6.07, 6.45) is 4.57. The van der Waals surface area contributed by atoms with Gasteiger partial charge in [-0.3, -0.25) is 14.4 Å². The molecule has 0 unspecified atom stereocenters. The number of hydrogen-bond donors (Lipinski definition) is 1. The number of carbonyl (C=O) groups excluding carboxylic acids is 3. The van der Waals surface area contributed by atoms with Crippen LogP contribution in [0.25, 0.3) is 0 Å². The molecule has 0 aliphatic heterocycles. The summed E-state index contributed by atoms with van der Waals surface area (Å²) in [5.41, 5.74) is 1.22. The van der Waals surface area contributed by atoms with Gasteiger partial charge < -0.3 is 14.8 Å². The number of allylic oxidation sites excluding steroid dienone is 2. The van der Waals surface area contributed by atoms with Crippen molar-refractivity contribution >= 4 is 17.8 Å². The molecule has 0 heterocycles. The Morgan fingerprint density at radius 1 is 0.892 bits per heavy atom. The first-order valence-electron chi connectivity index (χ1n) is 12.6. The molecule has 0 radical (unpaired) electrons. The minimum atomic E-state index is -0.717. The quantitative estimate of drug-likeness (QED) is 0.261. The molecule has 6 nitrogen and oxygen atoms in total. The van der Waals surface area contributed by atoms with E-state index in [0.717, 1.165) is 11.1 Å². The van der Waals surface area contributed by atoms with Crippen molar-refractivity contribution in [3.05, 3.63) is 97.1 Å². The summed E-state index contributed by atoms with van der Waals surface area (Å²) < 4.78 is 11.0. The molecule has 0 spiro atoms. The van der Waals surface area contributed by atoms with Crippen molar-refractivity contribution < 1.29 is 23.9 Å². The van der Waals surface area contributed by atoms with Crippen LogP contribution in [0.5, 0.6) is 0 Å². The van der Waals surface area contributed by atoms with Gasteiger partial charge in [0.05, 0.1) is 18.4 Å². The van der Waals surface area contributed by atoms with E-state index in [-0.39, 0.29) is 31.3 Å². The van der Waals surface area contributed by atoms with E-state index in [2.05, 4.69) is 18.5 Å². The van der Waals surface area contributed by atoms with Gasteiger partial charge in [-0.2, -0.15) is 0 Å². The molecule has 1 N–H and O–H groups in total. The molecule has 0 aromatic heterocycles. The number of ether oxygens (including phenoxy) is 2. The van der Waals surface area contributed by atoms with Crippen LogP contribution in [0.2, 0.25) is 0 Å². The second kappa shape index (κ2) is 14.8. The van der Waals surface area contributed by atoms with Crippen LogP contribution in [-0.4, -0.2) is 30.1 Å². The van der Waals surface area contributed by atoms with Crippen molar-refractivity contribution in [2.75, 3.05) is 6.61 Å². The third-order valence-electron chi connectivity index (χ3n) is 5.68. The Morgan fingerprint density at radius 2 is 1.46 bits per heavy atom. The van der Waals surface area contributed by atoms with Crippen LogP contribution >= 0.6 is 0 Å². The molecule has 0 aliphatic carbocycles. The number of esters is 2. The predicted octanol–water partition coefficient (Wildman–Crippen LogP) is 5.75. The van der Waals surface area contributed by atoms with Gasteiger partial charge in [0.2, 0.25) is 5.91 Å². The van der Waals surface area contributed by atoms with E-state index < -0.39 is 29.5 Å². The average Bonchev–Trinajstić information content (AvgIpc) is 2.85. The number of rotatable bonds is 14. The number of nitrogens with one attached hydrogen (secondary N) is 1. The van der Waals surface area contributed by atoms with Gasteiger partial charge >= 0.3 is 11.9 Å². The third kappa shape index (κ3) is 10.9. The van der Waals surface area contributed by atoms with Crippen LogP contribution < -0.4 is 5.32 Å². The van der Waals surface area contributed by atoms with Crippen LogP contribution in [0.3, 0.4) is 0 Å². The van der Waals surface area contributed by atoms with E-state index in [9.17, 15) is 14.4 Å². The van der Waals surface area contributed by atoms with Crippen molar-refractivity contribution in [3.8, 4) is 0 Å². The number of carbonyl (C=O) groups is 3. The summed E-state index contributed by atoms with van der Waals surface area (Å²) in [5.74, 6) is -2.19. The molecule has 0 saturated heterocycles. The van der Waals surface area contributed by atoms with Gasteiger partial charge in [-0.1, -0.05) is 72.8 Å². The first-order valence-corrected chi connectivity index (χ1v) is 12.6. The molecule has 2 aromatic rings. The maximum atomic E-state index is 13.3. The molecule has 2 aromatic carbocycles. The van der Waals surface area contributed by atoms with Crippen molar-refractivity contribution in [2.45, 2.75) is 58.1 Å². The molecule has 198 valence electrons. The van der Waals surface area contributed by atoms with Crippen molar-refractivity contribution in [2.24, 2.45) is 11.8 Å².